The number of nitrogens with zero attached hydrogens (tertiary/aromatic N) is 2. The molecule has 3 N–H and O–H groups in total. The van der Waals surface area contributed by atoms with Gasteiger partial charge in [-0.2, -0.15) is 0 Å². The van der Waals surface area contributed by atoms with Gasteiger partial charge in [-0.25, -0.2) is 9.97 Å². The monoisotopic (exact) mass is 427 g/mol. The van der Waals surface area contributed by atoms with Crippen LogP contribution in [-0.2, 0) is 9.53 Å². The number of hydrogen-bond donors (Lipinski definition) is 3. The first-order chi connectivity index (χ1) is 14.5. The molecule has 1 fully saturated rings. The summed E-state index contributed by atoms with van der Waals surface area (Å²) >= 11 is 6.22. The van der Waals surface area contributed by atoms with E-state index in [1.807, 2.05) is 0 Å². The lowest BCUT2D eigenvalue weighted by Crippen LogP contribution is -2.40. The van der Waals surface area contributed by atoms with Gasteiger partial charge in [0.25, 0.3) is 0 Å². The molecule has 1 aromatic carbocycles. The summed E-state index contributed by atoms with van der Waals surface area (Å²) in [6.07, 6.45) is 4.76. The highest BCUT2D eigenvalue weighted by Gasteiger charge is 2.25. The van der Waals surface area contributed by atoms with Crippen molar-refractivity contribution >= 4 is 40.1 Å². The summed E-state index contributed by atoms with van der Waals surface area (Å²) in [6, 6.07) is 6.99. The van der Waals surface area contributed by atoms with E-state index >= 15 is 0 Å². The van der Waals surface area contributed by atoms with Crippen LogP contribution < -0.4 is 10.6 Å². The number of nitrogens with one attached hydrogen (secondary N) is 3. The molecule has 4 rings (SSSR count). The zero-order chi connectivity index (χ0) is 21.1. The van der Waals surface area contributed by atoms with Crippen LogP contribution >= 0.6 is 11.6 Å². The fourth-order valence-corrected chi connectivity index (χ4v) is 3.80. The predicted molar refractivity (Wildman–Crippen MR) is 114 cm³/mol. The van der Waals surface area contributed by atoms with E-state index in [1.165, 1.54) is 13.3 Å². The number of ether oxygens (including phenoxy) is 1. The van der Waals surface area contributed by atoms with Gasteiger partial charge in [-0.05, 0) is 25.0 Å². The van der Waals surface area contributed by atoms with Gasteiger partial charge in [0.05, 0.1) is 34.7 Å². The van der Waals surface area contributed by atoms with E-state index in [2.05, 4.69) is 25.6 Å². The van der Waals surface area contributed by atoms with Crippen molar-refractivity contribution in [1.29, 1.82) is 0 Å². The van der Waals surface area contributed by atoms with E-state index in [4.69, 9.17) is 16.3 Å². The second kappa shape index (κ2) is 8.81. The van der Waals surface area contributed by atoms with Crippen molar-refractivity contribution in [3.05, 3.63) is 52.9 Å². The molecule has 3 aromatic rings. The van der Waals surface area contributed by atoms with Gasteiger partial charge in [0.15, 0.2) is 5.78 Å². The van der Waals surface area contributed by atoms with E-state index in [0.29, 0.717) is 46.2 Å². The second-order valence-corrected chi connectivity index (χ2v) is 7.68. The molecule has 2 aromatic heterocycles. The maximum atomic E-state index is 13.1. The van der Waals surface area contributed by atoms with Crippen LogP contribution in [0.2, 0.25) is 5.02 Å². The topological polar surface area (TPSA) is 109 Å². The summed E-state index contributed by atoms with van der Waals surface area (Å²) in [5.74, 6) is 0.316. The first-order valence-electron chi connectivity index (χ1n) is 9.77. The first kappa shape index (κ1) is 20.3. The maximum absolute atomic E-state index is 13.1. The number of rotatable bonds is 6. The van der Waals surface area contributed by atoms with Gasteiger partial charge < -0.3 is 20.4 Å². The number of halogens is 1. The maximum Gasteiger partial charge on any atom is 0.216 e. The summed E-state index contributed by atoms with van der Waals surface area (Å²) in [7, 11) is 0. The molecule has 2 atom stereocenters. The normalized spacial score (nSPS) is 18.9. The number of hydrogen-bond acceptors (Lipinski definition) is 6. The fourth-order valence-electron chi connectivity index (χ4n) is 3.57. The van der Waals surface area contributed by atoms with Crippen molar-refractivity contribution < 1.29 is 14.3 Å². The average Bonchev–Trinajstić information content (AvgIpc) is 3.18. The molecule has 156 valence electrons. The Kier molecular flexibility index (Phi) is 5.96. The minimum Gasteiger partial charge on any atom is -0.374 e. The molecule has 0 spiro atoms. The van der Waals surface area contributed by atoms with Crippen molar-refractivity contribution in [2.75, 3.05) is 18.5 Å². The van der Waals surface area contributed by atoms with E-state index in [-0.39, 0.29) is 23.8 Å². The number of carbonyl (C=O) groups is 2. The number of H-pyrrole nitrogens is 1. The third-order valence-electron chi connectivity index (χ3n) is 5.12. The minimum absolute atomic E-state index is 0.00184. The third kappa shape index (κ3) is 4.29. The number of anilines is 1. The highest BCUT2D eigenvalue weighted by molar-refractivity contribution is 6.35. The molecule has 8 nitrogen and oxygen atoms in total. The molecule has 1 saturated heterocycles. The fraction of sp³-hybridized carbons (Fsp3) is 0.333. The van der Waals surface area contributed by atoms with Gasteiger partial charge in [0, 0.05) is 25.2 Å². The van der Waals surface area contributed by atoms with Crippen LogP contribution in [0.1, 0.15) is 35.7 Å². The smallest absolute Gasteiger partial charge is 0.216 e. The van der Waals surface area contributed by atoms with Gasteiger partial charge >= 0.3 is 0 Å². The highest BCUT2D eigenvalue weighted by Crippen LogP contribution is 2.29. The lowest BCUT2D eigenvalue weighted by Gasteiger charge is -2.30. The average molecular weight is 428 g/mol. The van der Waals surface area contributed by atoms with Crippen LogP contribution in [0.5, 0.6) is 0 Å². The van der Waals surface area contributed by atoms with E-state index in [9.17, 15) is 9.59 Å². The van der Waals surface area contributed by atoms with Crippen LogP contribution in [0.25, 0.3) is 11.0 Å². The zero-order valence-electron chi connectivity index (χ0n) is 16.4. The lowest BCUT2D eigenvalue weighted by atomic mass is 10.0. The zero-order valence-corrected chi connectivity index (χ0v) is 17.2. The molecular formula is C21H22ClN5O3. The summed E-state index contributed by atoms with van der Waals surface area (Å²) in [5.41, 5.74) is 1.46. The predicted octanol–water partition coefficient (Wildman–Crippen LogP) is 2.94. The molecule has 30 heavy (non-hydrogen) atoms. The van der Waals surface area contributed by atoms with Crippen molar-refractivity contribution in [3.8, 4) is 0 Å². The van der Waals surface area contributed by atoms with E-state index in [0.717, 1.165) is 12.8 Å². The Labute approximate surface area is 178 Å². The molecule has 0 bridgehead atoms. The summed E-state index contributed by atoms with van der Waals surface area (Å²) in [5, 5.41) is 7.20. The number of ketones is 1. The van der Waals surface area contributed by atoms with Gasteiger partial charge in [0.2, 0.25) is 5.91 Å². The Balaban J connectivity index is 1.53. The molecule has 3 heterocycles. The van der Waals surface area contributed by atoms with Crippen LogP contribution in [0.3, 0.4) is 0 Å². The second-order valence-electron chi connectivity index (χ2n) is 7.27. The Morgan fingerprint density at radius 1 is 1.23 bits per heavy atom. The van der Waals surface area contributed by atoms with Crippen LogP contribution in [0, 0.1) is 0 Å². The molecule has 1 aliphatic heterocycles. The Hall–Kier alpha value is -2.97. The Morgan fingerprint density at radius 2 is 2.07 bits per heavy atom. The minimum atomic E-state index is -0.194. The third-order valence-corrected chi connectivity index (χ3v) is 5.45. The molecule has 9 heteroatoms. The van der Waals surface area contributed by atoms with Gasteiger partial charge in [-0.3, -0.25) is 9.59 Å². The molecule has 1 aliphatic rings. The first-order valence-corrected chi connectivity index (χ1v) is 10.1. The number of fused-ring (bicyclic) bond motifs is 1. The quantitative estimate of drug-likeness (QED) is 0.522. The van der Waals surface area contributed by atoms with Crippen LogP contribution in [-0.4, -0.2) is 51.9 Å². The number of aromatic nitrogens is 3. The molecule has 0 saturated carbocycles. The molecule has 0 unspecified atom stereocenters. The van der Waals surface area contributed by atoms with Gasteiger partial charge in [-0.15, -0.1) is 0 Å². The van der Waals surface area contributed by atoms with Crippen LogP contribution in [0.4, 0.5) is 5.82 Å². The van der Waals surface area contributed by atoms with Crippen LogP contribution in [0.15, 0.2) is 36.8 Å². The van der Waals surface area contributed by atoms with Crippen molar-refractivity contribution in [2.24, 2.45) is 0 Å². The summed E-state index contributed by atoms with van der Waals surface area (Å²) in [4.78, 5) is 35.8. The van der Waals surface area contributed by atoms with Gasteiger partial charge in [-0.1, -0.05) is 23.7 Å². The standard InChI is InChI=1S/C21H22ClN5O3/c1-12(28)23-8-14-7-6-13(10-30-14)27-21-18-16(9-24-20(18)25-11-26-21)19(29)15-4-2-3-5-17(15)22/h2-5,9,11,13-14H,6-8,10H2,1H3,(H,23,28)(H2,24,25,26,27)/t13-,14+/m1/s1. The lowest BCUT2D eigenvalue weighted by molar-refractivity contribution is -0.119. The number of aromatic amines is 1. The Morgan fingerprint density at radius 3 is 2.80 bits per heavy atom. The number of amides is 1. The Bertz CT molecular complexity index is 1080. The highest BCUT2D eigenvalue weighted by atomic mass is 35.5. The van der Waals surface area contributed by atoms with Crippen molar-refractivity contribution in [1.82, 2.24) is 20.3 Å². The summed E-state index contributed by atoms with van der Waals surface area (Å²) < 4.78 is 5.86. The largest absolute Gasteiger partial charge is 0.374 e. The van der Waals surface area contributed by atoms with E-state index in [1.54, 1.807) is 30.5 Å². The molecular weight excluding hydrogens is 406 g/mol. The van der Waals surface area contributed by atoms with Gasteiger partial charge in [0.1, 0.15) is 17.8 Å². The number of benzene rings is 1. The molecule has 1 amide bonds. The van der Waals surface area contributed by atoms with E-state index < -0.39 is 0 Å². The van der Waals surface area contributed by atoms with Crippen molar-refractivity contribution in [3.63, 3.8) is 0 Å². The summed E-state index contributed by atoms with van der Waals surface area (Å²) in [6.45, 7) is 2.48. The molecule has 0 aliphatic carbocycles. The SMILES string of the molecule is CC(=O)NC[C@@H]1CC[C@@H](Nc2ncnc3[nH]cc(C(=O)c4ccccc4Cl)c23)CO1. The molecule has 0 radical (unpaired) electrons. The number of carbonyl (C=O) groups excluding carboxylic acids is 2. The van der Waals surface area contributed by atoms with Crippen molar-refractivity contribution in [2.45, 2.75) is 31.9 Å².